The maximum Gasteiger partial charge on any atom is 0.252 e. The van der Waals surface area contributed by atoms with Gasteiger partial charge in [0, 0.05) is 36.9 Å². The SMILES string of the molecule is COc1cc2c(O[C@@H]3CC34NC(=O)C[C@@H]4CO)nccc2cc1C(N)=O. The van der Waals surface area contributed by atoms with Crippen LogP contribution in [-0.4, -0.2) is 47.3 Å². The van der Waals surface area contributed by atoms with Gasteiger partial charge in [-0.25, -0.2) is 4.98 Å². The monoisotopic (exact) mass is 357 g/mol. The van der Waals surface area contributed by atoms with Crippen molar-refractivity contribution >= 4 is 22.6 Å². The molecule has 3 atom stereocenters. The third-order valence-electron chi connectivity index (χ3n) is 5.26. The Balaban J connectivity index is 1.68. The highest BCUT2D eigenvalue weighted by atomic mass is 16.5. The van der Waals surface area contributed by atoms with Crippen LogP contribution in [0.5, 0.6) is 11.6 Å². The lowest BCUT2D eigenvalue weighted by atomic mass is 9.99. The number of ether oxygens (including phenoxy) is 2. The van der Waals surface area contributed by atoms with E-state index in [0.29, 0.717) is 29.9 Å². The standard InChI is InChI=1S/C18H19N3O5/c1-25-13-6-11-9(4-12(13)16(19)24)2-3-20-17(11)26-14-7-18(14)10(8-22)5-15(23)21-18/h2-4,6,10,14,22H,5,7-8H2,1H3,(H2,19,24)(H,21,23)/t10-,14-,18?/m1/s1. The zero-order valence-electron chi connectivity index (χ0n) is 14.2. The van der Waals surface area contributed by atoms with Crippen LogP contribution in [0.15, 0.2) is 24.4 Å². The van der Waals surface area contributed by atoms with E-state index in [1.54, 1.807) is 24.4 Å². The number of carbonyl (C=O) groups is 2. The highest BCUT2D eigenvalue weighted by Crippen LogP contribution is 2.50. The summed E-state index contributed by atoms with van der Waals surface area (Å²) in [6.07, 6.45) is 2.25. The number of hydrogen-bond donors (Lipinski definition) is 3. The Morgan fingerprint density at radius 2 is 2.31 bits per heavy atom. The molecule has 4 rings (SSSR count). The lowest BCUT2D eigenvalue weighted by molar-refractivity contribution is -0.119. The lowest BCUT2D eigenvalue weighted by Crippen LogP contribution is -2.38. The van der Waals surface area contributed by atoms with Gasteiger partial charge in [0.1, 0.15) is 11.9 Å². The van der Waals surface area contributed by atoms with Gasteiger partial charge < -0.3 is 25.6 Å². The van der Waals surface area contributed by atoms with Gasteiger partial charge in [0.2, 0.25) is 11.8 Å². The van der Waals surface area contributed by atoms with Crippen molar-refractivity contribution < 1.29 is 24.2 Å². The molecule has 1 aromatic carbocycles. The molecule has 1 aliphatic heterocycles. The Labute approximate surface area is 149 Å². The molecule has 26 heavy (non-hydrogen) atoms. The zero-order valence-corrected chi connectivity index (χ0v) is 14.2. The van der Waals surface area contributed by atoms with Crippen LogP contribution in [0.3, 0.4) is 0 Å². The minimum atomic E-state index is -0.580. The number of methoxy groups -OCH3 is 1. The van der Waals surface area contributed by atoms with Gasteiger partial charge in [-0.1, -0.05) is 0 Å². The van der Waals surface area contributed by atoms with Crippen LogP contribution in [0, 0.1) is 5.92 Å². The van der Waals surface area contributed by atoms with Crippen molar-refractivity contribution in [3.63, 3.8) is 0 Å². The number of rotatable bonds is 5. The number of nitrogens with one attached hydrogen (secondary N) is 1. The van der Waals surface area contributed by atoms with Crippen LogP contribution in [0.25, 0.3) is 10.8 Å². The van der Waals surface area contributed by atoms with Gasteiger partial charge in [-0.3, -0.25) is 9.59 Å². The molecule has 0 radical (unpaired) electrons. The van der Waals surface area contributed by atoms with E-state index in [9.17, 15) is 14.7 Å². The van der Waals surface area contributed by atoms with E-state index in [1.165, 1.54) is 7.11 Å². The largest absolute Gasteiger partial charge is 0.496 e. The fraction of sp³-hybridized carbons (Fsp3) is 0.389. The van der Waals surface area contributed by atoms with E-state index >= 15 is 0 Å². The maximum absolute atomic E-state index is 11.7. The Morgan fingerprint density at radius 1 is 1.50 bits per heavy atom. The first kappa shape index (κ1) is 16.6. The van der Waals surface area contributed by atoms with E-state index in [1.807, 2.05) is 0 Å². The van der Waals surface area contributed by atoms with Gasteiger partial charge in [0.15, 0.2) is 0 Å². The topological polar surface area (TPSA) is 124 Å². The molecule has 2 heterocycles. The van der Waals surface area contributed by atoms with Crippen molar-refractivity contribution in [2.45, 2.75) is 24.5 Å². The summed E-state index contributed by atoms with van der Waals surface area (Å²) in [5.41, 5.74) is 5.16. The molecular formula is C18H19N3O5. The first-order valence-electron chi connectivity index (χ1n) is 8.33. The summed E-state index contributed by atoms with van der Waals surface area (Å²) >= 11 is 0. The molecule has 2 aromatic rings. The number of carbonyl (C=O) groups excluding carboxylic acids is 2. The molecule has 0 bridgehead atoms. The molecule has 1 spiro atoms. The van der Waals surface area contributed by atoms with Gasteiger partial charge in [-0.2, -0.15) is 0 Å². The quantitative estimate of drug-likeness (QED) is 0.710. The molecule has 1 saturated heterocycles. The number of aliphatic hydroxyl groups is 1. The third-order valence-corrected chi connectivity index (χ3v) is 5.26. The zero-order chi connectivity index (χ0) is 18.5. The van der Waals surface area contributed by atoms with Crippen molar-refractivity contribution in [3.05, 3.63) is 30.0 Å². The average Bonchev–Trinajstić information content (AvgIpc) is 3.19. The molecule has 1 aliphatic carbocycles. The van der Waals surface area contributed by atoms with E-state index in [0.717, 1.165) is 5.39 Å². The molecular weight excluding hydrogens is 338 g/mol. The Kier molecular flexibility index (Phi) is 3.73. The minimum Gasteiger partial charge on any atom is -0.496 e. The van der Waals surface area contributed by atoms with Gasteiger partial charge in [0.25, 0.3) is 5.91 Å². The number of hydrogen-bond acceptors (Lipinski definition) is 6. The molecule has 4 N–H and O–H groups in total. The fourth-order valence-corrected chi connectivity index (χ4v) is 3.77. The van der Waals surface area contributed by atoms with Crippen LogP contribution in [0.2, 0.25) is 0 Å². The van der Waals surface area contributed by atoms with Crippen LogP contribution >= 0.6 is 0 Å². The highest BCUT2D eigenvalue weighted by molar-refractivity contribution is 6.01. The first-order valence-corrected chi connectivity index (χ1v) is 8.33. The van der Waals surface area contributed by atoms with Crippen molar-refractivity contribution in [1.82, 2.24) is 10.3 Å². The average molecular weight is 357 g/mol. The molecule has 2 fully saturated rings. The van der Waals surface area contributed by atoms with Crippen molar-refractivity contribution in [2.24, 2.45) is 11.7 Å². The molecule has 8 heteroatoms. The van der Waals surface area contributed by atoms with Crippen molar-refractivity contribution in [2.75, 3.05) is 13.7 Å². The number of nitrogens with zero attached hydrogens (tertiary/aromatic N) is 1. The minimum absolute atomic E-state index is 0.0721. The number of fused-ring (bicyclic) bond motifs is 1. The van der Waals surface area contributed by atoms with Gasteiger partial charge in [-0.05, 0) is 23.6 Å². The number of pyridine rings is 1. The summed E-state index contributed by atoms with van der Waals surface area (Å²) in [7, 11) is 1.46. The number of amides is 2. The molecule has 136 valence electrons. The molecule has 8 nitrogen and oxygen atoms in total. The predicted octanol–water partition coefficient (Wildman–Crippen LogP) is 0.361. The number of aromatic nitrogens is 1. The van der Waals surface area contributed by atoms with Gasteiger partial charge in [0.05, 0.1) is 18.2 Å². The van der Waals surface area contributed by atoms with Gasteiger partial charge in [-0.15, -0.1) is 0 Å². The smallest absolute Gasteiger partial charge is 0.252 e. The number of benzene rings is 1. The Hall–Kier alpha value is -2.87. The van der Waals surface area contributed by atoms with Crippen LogP contribution < -0.4 is 20.5 Å². The number of aliphatic hydroxyl groups excluding tert-OH is 1. The number of nitrogens with two attached hydrogens (primary N) is 1. The molecule has 2 aliphatic rings. The first-order chi connectivity index (χ1) is 12.5. The van der Waals surface area contributed by atoms with E-state index in [-0.39, 0.29) is 30.1 Å². The van der Waals surface area contributed by atoms with Crippen LogP contribution in [0.1, 0.15) is 23.2 Å². The summed E-state index contributed by atoms with van der Waals surface area (Å²) in [5.74, 6) is -0.0873. The molecule has 1 aromatic heterocycles. The summed E-state index contributed by atoms with van der Waals surface area (Å²) in [6.45, 7) is -0.0721. The Morgan fingerprint density at radius 3 is 3.00 bits per heavy atom. The van der Waals surface area contributed by atoms with Crippen LogP contribution in [0.4, 0.5) is 0 Å². The van der Waals surface area contributed by atoms with E-state index < -0.39 is 11.4 Å². The predicted molar refractivity (Wildman–Crippen MR) is 91.9 cm³/mol. The fourth-order valence-electron chi connectivity index (χ4n) is 3.77. The summed E-state index contributed by atoms with van der Waals surface area (Å²) in [5, 5.41) is 13.9. The molecule has 1 unspecified atom stereocenters. The maximum atomic E-state index is 11.7. The molecule has 1 saturated carbocycles. The molecule has 2 amide bonds. The highest BCUT2D eigenvalue weighted by Gasteiger charge is 2.65. The second kappa shape index (κ2) is 5.84. The second-order valence-electron chi connectivity index (χ2n) is 6.74. The third kappa shape index (κ3) is 2.45. The summed E-state index contributed by atoms with van der Waals surface area (Å²) in [4.78, 5) is 27.6. The normalized spacial score (nSPS) is 26.8. The van der Waals surface area contributed by atoms with Gasteiger partial charge >= 0.3 is 0 Å². The summed E-state index contributed by atoms with van der Waals surface area (Å²) < 4.78 is 11.3. The van der Waals surface area contributed by atoms with Crippen LogP contribution in [-0.2, 0) is 4.79 Å². The second-order valence-corrected chi connectivity index (χ2v) is 6.74. The number of primary amides is 1. The van der Waals surface area contributed by atoms with Crippen molar-refractivity contribution in [3.8, 4) is 11.6 Å². The lowest BCUT2D eigenvalue weighted by Gasteiger charge is -2.18. The van der Waals surface area contributed by atoms with E-state index in [4.69, 9.17) is 15.2 Å². The summed E-state index contributed by atoms with van der Waals surface area (Å²) in [6, 6.07) is 5.07. The van der Waals surface area contributed by atoms with E-state index in [2.05, 4.69) is 10.3 Å². The Bertz CT molecular complexity index is 915. The van der Waals surface area contributed by atoms with Crippen molar-refractivity contribution in [1.29, 1.82) is 0 Å².